The van der Waals surface area contributed by atoms with Gasteiger partial charge in [-0.3, -0.25) is 9.59 Å². The molecule has 7 nitrogen and oxygen atoms in total. The van der Waals surface area contributed by atoms with E-state index in [9.17, 15) is 18.0 Å². The molecule has 0 aliphatic rings. The van der Waals surface area contributed by atoms with Gasteiger partial charge in [-0.2, -0.15) is 0 Å². The van der Waals surface area contributed by atoms with E-state index in [1.54, 1.807) is 25.1 Å². The largest absolute Gasteiger partial charge is 0.343 e. The fourth-order valence-corrected chi connectivity index (χ4v) is 3.47. The predicted molar refractivity (Wildman–Crippen MR) is 109 cm³/mol. The first-order chi connectivity index (χ1) is 13.2. The van der Waals surface area contributed by atoms with E-state index >= 15 is 0 Å². The van der Waals surface area contributed by atoms with E-state index in [1.807, 2.05) is 0 Å². The molecular formula is C19H20ClN3O4S. The molecule has 148 valence electrons. The Labute approximate surface area is 168 Å². The number of sulfonamides is 1. The number of hydrogen-bond donors (Lipinski definition) is 3. The zero-order chi connectivity index (χ0) is 20.7. The summed E-state index contributed by atoms with van der Waals surface area (Å²) in [4.78, 5) is 24.3. The maximum absolute atomic E-state index is 12.3. The molecule has 0 aromatic heterocycles. The molecule has 0 spiro atoms. The minimum atomic E-state index is -3.75. The molecule has 0 heterocycles. The Morgan fingerprint density at radius 2 is 1.89 bits per heavy atom. The van der Waals surface area contributed by atoms with Crippen molar-refractivity contribution in [1.82, 2.24) is 10.0 Å². The van der Waals surface area contributed by atoms with Crippen molar-refractivity contribution in [3.05, 3.63) is 71.3 Å². The van der Waals surface area contributed by atoms with Crippen LogP contribution in [0.5, 0.6) is 0 Å². The number of amides is 2. The lowest BCUT2D eigenvalue weighted by Crippen LogP contribution is -2.33. The third kappa shape index (κ3) is 5.66. The fraction of sp³-hybridized carbons (Fsp3) is 0.158. The number of halogens is 1. The van der Waals surface area contributed by atoms with E-state index in [2.05, 4.69) is 21.9 Å². The summed E-state index contributed by atoms with van der Waals surface area (Å²) in [6, 6.07) is 10.6. The Kier molecular flexibility index (Phi) is 7.33. The Morgan fingerprint density at radius 1 is 1.18 bits per heavy atom. The number of benzene rings is 2. The van der Waals surface area contributed by atoms with Crippen LogP contribution in [0.2, 0.25) is 5.02 Å². The van der Waals surface area contributed by atoms with Crippen LogP contribution in [0, 0.1) is 6.92 Å². The predicted octanol–water partition coefficient (Wildman–Crippen LogP) is 2.48. The molecule has 0 saturated carbocycles. The molecule has 0 aliphatic carbocycles. The summed E-state index contributed by atoms with van der Waals surface area (Å²) in [5.41, 5.74) is 1.38. The standard InChI is InChI=1S/C19H20ClN3O4S/c1-3-10-22-28(26,27)15-7-4-6-14(11-15)19(25)21-12-18(24)23-17-9-5-8-16(20)13(17)2/h3-9,11,22H,1,10,12H2,2H3,(H,21,25)(H,23,24). The van der Waals surface area contributed by atoms with Crippen LogP contribution < -0.4 is 15.4 Å². The van der Waals surface area contributed by atoms with E-state index in [4.69, 9.17) is 11.6 Å². The normalized spacial score (nSPS) is 10.9. The van der Waals surface area contributed by atoms with Crippen molar-refractivity contribution in [2.45, 2.75) is 11.8 Å². The summed E-state index contributed by atoms with van der Waals surface area (Å²) in [5.74, 6) is -1.01. The lowest BCUT2D eigenvalue weighted by Gasteiger charge is -2.11. The Bertz CT molecular complexity index is 1010. The minimum absolute atomic E-state index is 0.0546. The molecule has 3 N–H and O–H groups in total. The van der Waals surface area contributed by atoms with Crippen molar-refractivity contribution in [2.75, 3.05) is 18.4 Å². The topological polar surface area (TPSA) is 104 Å². The molecule has 0 bridgehead atoms. The summed E-state index contributed by atoms with van der Waals surface area (Å²) in [6.07, 6.45) is 1.41. The van der Waals surface area contributed by atoms with Gasteiger partial charge in [0, 0.05) is 22.8 Å². The van der Waals surface area contributed by atoms with Crippen LogP contribution in [0.15, 0.2) is 60.0 Å². The van der Waals surface area contributed by atoms with Crippen LogP contribution in [0.25, 0.3) is 0 Å². The van der Waals surface area contributed by atoms with Crippen LogP contribution in [0.3, 0.4) is 0 Å². The first-order valence-corrected chi connectivity index (χ1v) is 10.1. The van der Waals surface area contributed by atoms with Gasteiger partial charge >= 0.3 is 0 Å². The molecular weight excluding hydrogens is 402 g/mol. The van der Waals surface area contributed by atoms with E-state index in [0.29, 0.717) is 16.3 Å². The number of anilines is 1. The van der Waals surface area contributed by atoms with Gasteiger partial charge in [-0.05, 0) is 42.8 Å². The first kappa shape index (κ1) is 21.6. The van der Waals surface area contributed by atoms with E-state index in [1.165, 1.54) is 30.3 Å². The third-order valence-electron chi connectivity index (χ3n) is 3.78. The average molecular weight is 422 g/mol. The van der Waals surface area contributed by atoms with Gasteiger partial charge in [0.1, 0.15) is 0 Å². The molecule has 0 aliphatic heterocycles. The molecule has 2 amide bonds. The maximum atomic E-state index is 12.3. The van der Waals surface area contributed by atoms with Gasteiger partial charge in [-0.15, -0.1) is 6.58 Å². The van der Waals surface area contributed by atoms with Crippen molar-refractivity contribution in [1.29, 1.82) is 0 Å². The highest BCUT2D eigenvalue weighted by molar-refractivity contribution is 7.89. The quantitative estimate of drug-likeness (QED) is 0.569. The number of nitrogens with one attached hydrogen (secondary N) is 3. The second-order valence-electron chi connectivity index (χ2n) is 5.81. The minimum Gasteiger partial charge on any atom is -0.343 e. The number of carbonyl (C=O) groups is 2. The Hall–Kier alpha value is -2.68. The van der Waals surface area contributed by atoms with Crippen molar-refractivity contribution < 1.29 is 18.0 Å². The second kappa shape index (κ2) is 9.50. The van der Waals surface area contributed by atoms with Gasteiger partial charge in [0.15, 0.2) is 0 Å². The zero-order valence-electron chi connectivity index (χ0n) is 15.2. The van der Waals surface area contributed by atoms with Crippen LogP contribution in [-0.4, -0.2) is 33.3 Å². The highest BCUT2D eigenvalue weighted by Crippen LogP contribution is 2.22. The Balaban J connectivity index is 2.01. The summed E-state index contributed by atoms with van der Waals surface area (Å²) in [5, 5.41) is 5.64. The Morgan fingerprint density at radius 3 is 2.61 bits per heavy atom. The van der Waals surface area contributed by atoms with E-state index in [-0.39, 0.29) is 23.5 Å². The SMILES string of the molecule is C=CCNS(=O)(=O)c1cccc(C(=O)NCC(=O)Nc2cccc(Cl)c2C)c1. The summed E-state index contributed by atoms with van der Waals surface area (Å²) in [7, 11) is -3.75. The monoisotopic (exact) mass is 421 g/mol. The van der Waals surface area contributed by atoms with Crippen LogP contribution in [0.1, 0.15) is 15.9 Å². The maximum Gasteiger partial charge on any atom is 0.251 e. The number of carbonyl (C=O) groups excluding carboxylic acids is 2. The smallest absolute Gasteiger partial charge is 0.251 e. The summed E-state index contributed by atoms with van der Waals surface area (Å²) < 4.78 is 26.6. The van der Waals surface area contributed by atoms with Crippen molar-refractivity contribution in [3.63, 3.8) is 0 Å². The summed E-state index contributed by atoms with van der Waals surface area (Å²) >= 11 is 6.01. The molecule has 0 atom stereocenters. The molecule has 0 fully saturated rings. The highest BCUT2D eigenvalue weighted by atomic mass is 35.5. The zero-order valence-corrected chi connectivity index (χ0v) is 16.7. The van der Waals surface area contributed by atoms with Gasteiger partial charge in [-0.25, -0.2) is 13.1 Å². The van der Waals surface area contributed by atoms with Crippen molar-refractivity contribution in [2.24, 2.45) is 0 Å². The van der Waals surface area contributed by atoms with Gasteiger partial charge in [0.25, 0.3) is 5.91 Å². The lowest BCUT2D eigenvalue weighted by atomic mass is 10.2. The average Bonchev–Trinajstić information content (AvgIpc) is 2.68. The molecule has 0 unspecified atom stereocenters. The van der Waals surface area contributed by atoms with Gasteiger partial charge in [0.2, 0.25) is 15.9 Å². The van der Waals surface area contributed by atoms with Crippen molar-refractivity contribution >= 4 is 39.1 Å². The van der Waals surface area contributed by atoms with Gasteiger partial charge in [-0.1, -0.05) is 29.8 Å². The molecule has 2 rings (SSSR count). The molecule has 0 saturated heterocycles. The number of hydrogen-bond acceptors (Lipinski definition) is 4. The molecule has 2 aromatic rings. The van der Waals surface area contributed by atoms with Crippen LogP contribution >= 0.6 is 11.6 Å². The molecule has 0 radical (unpaired) electrons. The van der Waals surface area contributed by atoms with E-state index < -0.39 is 21.8 Å². The molecule has 9 heteroatoms. The van der Waals surface area contributed by atoms with Crippen LogP contribution in [0.4, 0.5) is 5.69 Å². The highest BCUT2D eigenvalue weighted by Gasteiger charge is 2.16. The van der Waals surface area contributed by atoms with Crippen molar-refractivity contribution in [3.8, 4) is 0 Å². The fourth-order valence-electron chi connectivity index (χ4n) is 2.26. The molecule has 2 aromatic carbocycles. The molecule has 28 heavy (non-hydrogen) atoms. The number of rotatable bonds is 8. The van der Waals surface area contributed by atoms with E-state index in [0.717, 1.165) is 0 Å². The summed E-state index contributed by atoms with van der Waals surface area (Å²) in [6.45, 7) is 5.00. The van der Waals surface area contributed by atoms with Gasteiger partial charge < -0.3 is 10.6 Å². The van der Waals surface area contributed by atoms with Crippen LogP contribution in [-0.2, 0) is 14.8 Å². The lowest BCUT2D eigenvalue weighted by molar-refractivity contribution is -0.115. The second-order valence-corrected chi connectivity index (χ2v) is 7.99. The third-order valence-corrected chi connectivity index (χ3v) is 5.61. The first-order valence-electron chi connectivity index (χ1n) is 8.28. The van der Waals surface area contributed by atoms with Gasteiger partial charge in [0.05, 0.1) is 11.4 Å².